The van der Waals surface area contributed by atoms with E-state index in [0.717, 1.165) is 19.3 Å². The minimum absolute atomic E-state index is 0. The number of nitrogens with one attached hydrogen (secondary N) is 2. The van der Waals surface area contributed by atoms with Gasteiger partial charge in [-0.3, -0.25) is 9.59 Å². The first kappa shape index (κ1) is 70.5. The van der Waals surface area contributed by atoms with Crippen molar-refractivity contribution in [3.63, 3.8) is 0 Å². The van der Waals surface area contributed by atoms with Gasteiger partial charge in [0.2, 0.25) is 0 Å². The van der Waals surface area contributed by atoms with Crippen LogP contribution in [0.25, 0.3) is 0 Å². The molecule has 4 aliphatic heterocycles. The van der Waals surface area contributed by atoms with E-state index in [1.807, 2.05) is 12.4 Å². The number of aliphatic hydroxyl groups is 1. The van der Waals surface area contributed by atoms with Crippen LogP contribution in [0, 0.1) is 0 Å². The largest absolute Gasteiger partial charge is 1.00 e. The van der Waals surface area contributed by atoms with E-state index in [4.69, 9.17) is 52.1 Å². The third kappa shape index (κ3) is 25.5. The topological polar surface area (TPSA) is 180 Å². The maximum absolute atomic E-state index is 13.1. The number of alkyl halides is 6. The fourth-order valence-corrected chi connectivity index (χ4v) is 8.62. The third-order valence-electron chi connectivity index (χ3n) is 12.5. The number of carbonyl (C=O) groups excluding carboxylic acids is 2. The monoisotopic (exact) mass is 1090 g/mol. The molecule has 0 aromatic rings. The molecule has 23 heteroatoms. The van der Waals surface area contributed by atoms with Crippen molar-refractivity contribution < 1.29 is 124 Å². The van der Waals surface area contributed by atoms with Crippen molar-refractivity contribution in [1.82, 2.24) is 10.6 Å². The molecule has 4 fully saturated rings. The minimum Gasteiger partial charge on any atom is -1.00 e. The van der Waals surface area contributed by atoms with Gasteiger partial charge in [-0.05, 0) is 53.4 Å². The molecule has 4 rings (SSSR count). The molecule has 0 spiro atoms. The summed E-state index contributed by atoms with van der Waals surface area (Å²) in [5.74, 6) is -6.36. The van der Waals surface area contributed by atoms with Crippen molar-refractivity contribution in [1.29, 1.82) is 0 Å². The second-order valence-electron chi connectivity index (χ2n) is 19.4. The number of rotatable bonds is 28. The van der Waals surface area contributed by atoms with E-state index in [1.165, 1.54) is 82.8 Å². The van der Waals surface area contributed by atoms with Gasteiger partial charge in [-0.1, -0.05) is 104 Å². The number of amides is 2. The van der Waals surface area contributed by atoms with E-state index in [1.54, 1.807) is 40.1 Å². The molecule has 4 saturated heterocycles. The van der Waals surface area contributed by atoms with Crippen LogP contribution in [0.1, 0.15) is 146 Å². The van der Waals surface area contributed by atoms with Gasteiger partial charge in [-0.15, -0.1) is 13.2 Å². The summed E-state index contributed by atoms with van der Waals surface area (Å²) in [6.45, 7) is 20.6. The first-order valence-electron chi connectivity index (χ1n) is 25.9. The summed E-state index contributed by atoms with van der Waals surface area (Å²) in [6.07, 6.45) is 2.62. The molecule has 2 amide bonds. The quantitative estimate of drug-likeness (QED) is 0.0359. The van der Waals surface area contributed by atoms with Gasteiger partial charge < -0.3 is 69.3 Å². The van der Waals surface area contributed by atoms with Crippen LogP contribution >= 0.6 is 0 Å². The average Bonchev–Trinajstić information content (AvgIpc) is 3.32. The number of hydrogen-bond acceptors (Lipinski definition) is 14. The Labute approximate surface area is 459 Å². The molecule has 3 N–H and O–H groups in total. The summed E-state index contributed by atoms with van der Waals surface area (Å²) >= 11 is 0. The fraction of sp³-hybridized carbons (Fsp3) is 0.882. The number of ether oxygens (including phenoxy) is 11. The van der Waals surface area contributed by atoms with Gasteiger partial charge >= 0.3 is 53.7 Å². The predicted molar refractivity (Wildman–Crippen MR) is 260 cm³/mol. The van der Waals surface area contributed by atoms with Gasteiger partial charge in [0, 0.05) is 20.8 Å². The molecular formula is C51H89F6N2NaO14. The molecule has 4 aliphatic rings. The number of halogens is 6. The number of unbranched alkanes of at least 4 members (excludes halogenated alkanes) is 8. The Balaban J connectivity index is 0.00000121. The predicted octanol–water partition coefficient (Wildman–Crippen LogP) is 6.02. The van der Waals surface area contributed by atoms with Crippen LogP contribution in [0.5, 0.6) is 0 Å². The molecule has 16 nitrogen and oxygen atoms in total. The van der Waals surface area contributed by atoms with Crippen molar-refractivity contribution in [3.8, 4) is 0 Å². The first-order valence-corrected chi connectivity index (χ1v) is 25.9. The zero-order valence-electron chi connectivity index (χ0n) is 46.7. The van der Waals surface area contributed by atoms with Crippen molar-refractivity contribution in [2.24, 2.45) is 0 Å². The summed E-state index contributed by atoms with van der Waals surface area (Å²) < 4.78 is 139. The normalized spacial score (nSPS) is 27.9. The number of hydrogen-bond donors (Lipinski definition) is 3. The molecule has 430 valence electrons. The van der Waals surface area contributed by atoms with E-state index >= 15 is 0 Å². The van der Waals surface area contributed by atoms with Gasteiger partial charge in [0.15, 0.2) is 24.2 Å². The average molecular weight is 1090 g/mol. The first-order chi connectivity index (χ1) is 34.4. The zero-order valence-corrected chi connectivity index (χ0v) is 47.7. The fourth-order valence-electron chi connectivity index (χ4n) is 8.62. The van der Waals surface area contributed by atoms with Crippen molar-refractivity contribution in [3.05, 3.63) is 25.3 Å². The number of methoxy groups -OCH3 is 2. The molecular weight excluding hydrogens is 1000 g/mol. The smallest absolute Gasteiger partial charge is 1.00 e. The van der Waals surface area contributed by atoms with Gasteiger partial charge in [-0.25, -0.2) is 0 Å². The third-order valence-corrected chi connectivity index (χ3v) is 12.5. The zero-order chi connectivity index (χ0) is 54.8. The minimum atomic E-state index is -5.10. The van der Waals surface area contributed by atoms with Gasteiger partial charge in [0.25, 0.3) is 0 Å². The van der Waals surface area contributed by atoms with Crippen LogP contribution in [-0.2, 0) is 61.7 Å². The Kier molecular flexibility index (Phi) is 34.2. The van der Waals surface area contributed by atoms with E-state index in [9.17, 15) is 41.0 Å². The molecule has 12 atom stereocenters. The van der Waals surface area contributed by atoms with Crippen molar-refractivity contribution in [2.75, 3.05) is 47.3 Å². The van der Waals surface area contributed by atoms with E-state index in [2.05, 4.69) is 33.9 Å². The van der Waals surface area contributed by atoms with Crippen molar-refractivity contribution in [2.45, 2.75) is 242 Å². The number of aliphatic hydroxyl groups excluding tert-OH is 1. The summed E-state index contributed by atoms with van der Waals surface area (Å²) in [5.41, 5.74) is 0. The molecule has 74 heavy (non-hydrogen) atoms. The summed E-state index contributed by atoms with van der Waals surface area (Å²) in [7, 11) is 3.48. The van der Waals surface area contributed by atoms with Gasteiger partial charge in [-0.2, -0.15) is 26.3 Å². The maximum atomic E-state index is 13.1. The van der Waals surface area contributed by atoms with Gasteiger partial charge in [0.1, 0.15) is 48.7 Å². The molecule has 0 aromatic carbocycles. The van der Waals surface area contributed by atoms with E-state index < -0.39 is 97.0 Å². The Morgan fingerprint density at radius 2 is 1.07 bits per heavy atom. The molecule has 0 bridgehead atoms. The van der Waals surface area contributed by atoms with Crippen molar-refractivity contribution >= 4 is 11.8 Å². The van der Waals surface area contributed by atoms with E-state index in [0.29, 0.717) is 12.5 Å². The molecule has 0 saturated carbocycles. The molecule has 0 aromatic heterocycles. The standard InChI is InChI=1S/C25H42F3NO7.C14H20F3NO6.C12H26O.Na.H/c1-6-8-9-10-11-12-17(31-5)13-15-32-21-19(29-23(30)25(26,27)28)22(33-14-7-2)35-18-16-34-24(3,4)36-20(18)21;1-4-5-21-11-8(18-12(20)14(15,16)17)9(19)10-7(23-11)6-22-13(2,3)24-10;1-4-6-7-8-9-11-12(13-3)10-5-2;;/h7,17-22H,2,6,8-16H2,1,3-5H3,(H,29,30);4,7-11,19H,1,5-6H2,2-3H3,(H,18,20);12H,4-11H2,1-3H3;;/q;;;+1;-1. The molecule has 0 radical (unpaired) electrons. The number of carbonyl (C=O) groups is 2. The van der Waals surface area contributed by atoms with Crippen LogP contribution in [0.3, 0.4) is 0 Å². The van der Waals surface area contributed by atoms with Crippen LogP contribution in [0.2, 0.25) is 0 Å². The van der Waals surface area contributed by atoms with Gasteiger partial charge in [0.05, 0.1) is 38.6 Å². The summed E-state index contributed by atoms with van der Waals surface area (Å²) in [6, 6.07) is -2.74. The van der Waals surface area contributed by atoms with Crippen LogP contribution in [0.15, 0.2) is 25.3 Å². The second kappa shape index (κ2) is 35.9. The maximum Gasteiger partial charge on any atom is 1.00 e. The molecule has 12 unspecified atom stereocenters. The molecule has 4 heterocycles. The SMILES string of the molecule is C=CCOC1OC2COC(C)(C)OC2C(O)C1NC(=O)C(F)(F)F.C=CCOC1OC2COC(C)(C)OC2C(OCCC(CCCCCCC)OC)C1NC(=O)C(F)(F)F.CCCCCCCC(CCC)OC.[H-].[Na+]. The Morgan fingerprint density at radius 1 is 0.649 bits per heavy atom. The Hall–Kier alpha value is -1.48. The second-order valence-corrected chi connectivity index (χ2v) is 19.4. The number of fused-ring (bicyclic) bond motifs is 2. The molecule has 0 aliphatic carbocycles. The van der Waals surface area contributed by atoms with Crippen LogP contribution in [0.4, 0.5) is 26.3 Å². The van der Waals surface area contributed by atoms with Crippen LogP contribution < -0.4 is 40.2 Å². The van der Waals surface area contributed by atoms with E-state index in [-0.39, 0.29) is 70.1 Å². The Morgan fingerprint density at radius 3 is 1.50 bits per heavy atom. The summed E-state index contributed by atoms with van der Waals surface area (Å²) in [4.78, 5) is 23.1. The summed E-state index contributed by atoms with van der Waals surface area (Å²) in [5, 5.41) is 14.2. The van der Waals surface area contributed by atoms with Crippen LogP contribution in [-0.4, -0.2) is 162 Å². The Bertz CT molecular complexity index is 1580.